The van der Waals surface area contributed by atoms with Gasteiger partial charge < -0.3 is 14.8 Å². The van der Waals surface area contributed by atoms with E-state index in [1.165, 1.54) is 0 Å². The molecule has 1 saturated heterocycles. The molecule has 0 spiro atoms. The second-order valence-corrected chi connectivity index (χ2v) is 6.95. The van der Waals surface area contributed by atoms with Crippen molar-refractivity contribution in [3.8, 4) is 0 Å². The number of thioether (sulfide) groups is 1. The van der Waals surface area contributed by atoms with Crippen molar-refractivity contribution in [1.82, 2.24) is 10.2 Å². The fourth-order valence-electron chi connectivity index (χ4n) is 2.95. The van der Waals surface area contributed by atoms with E-state index in [4.69, 9.17) is 4.42 Å². The summed E-state index contributed by atoms with van der Waals surface area (Å²) in [6.45, 7) is 1.56. The monoisotopic (exact) mass is 346 g/mol. The van der Waals surface area contributed by atoms with E-state index in [0.29, 0.717) is 5.76 Å². The number of hydrogen-bond donors (Lipinski definition) is 2. The van der Waals surface area contributed by atoms with Crippen LogP contribution in [0.4, 0.5) is 0 Å². The molecule has 2 aromatic rings. The second-order valence-electron chi connectivity index (χ2n) is 5.72. The maximum atomic E-state index is 13.0. The van der Waals surface area contributed by atoms with Crippen LogP contribution in [0.5, 0.6) is 0 Å². The maximum Gasteiger partial charge on any atom is 0.242 e. The van der Waals surface area contributed by atoms with Gasteiger partial charge in [0.2, 0.25) is 5.91 Å². The predicted octanol–water partition coefficient (Wildman–Crippen LogP) is 2.22. The van der Waals surface area contributed by atoms with Gasteiger partial charge in [-0.1, -0.05) is 30.3 Å². The molecule has 2 unspecified atom stereocenters. The molecule has 0 saturated carbocycles. The molecule has 0 radical (unpaired) electrons. The number of carbonyl (C=O) groups is 1. The number of rotatable bonds is 6. The molecule has 2 atom stereocenters. The normalized spacial score (nSPS) is 18.0. The van der Waals surface area contributed by atoms with Gasteiger partial charge in [-0.05, 0) is 17.7 Å². The van der Waals surface area contributed by atoms with Crippen LogP contribution in [0.1, 0.15) is 23.4 Å². The summed E-state index contributed by atoms with van der Waals surface area (Å²) in [6.07, 6.45) is 1.54. The molecule has 5 nitrogen and oxygen atoms in total. The highest BCUT2D eigenvalue weighted by Crippen LogP contribution is 2.25. The van der Waals surface area contributed by atoms with Crippen molar-refractivity contribution in [2.24, 2.45) is 0 Å². The molecule has 1 amide bonds. The van der Waals surface area contributed by atoms with Gasteiger partial charge in [0.25, 0.3) is 0 Å². The van der Waals surface area contributed by atoms with Gasteiger partial charge in [-0.25, -0.2) is 0 Å². The van der Waals surface area contributed by atoms with Crippen LogP contribution < -0.4 is 5.32 Å². The van der Waals surface area contributed by atoms with Gasteiger partial charge >= 0.3 is 0 Å². The van der Waals surface area contributed by atoms with Crippen molar-refractivity contribution in [1.29, 1.82) is 0 Å². The molecule has 1 aliphatic rings. The molecular weight excluding hydrogens is 324 g/mol. The number of hydrogen-bond acceptors (Lipinski definition) is 5. The Bertz CT molecular complexity index is 627. The van der Waals surface area contributed by atoms with Gasteiger partial charge in [-0.2, -0.15) is 11.8 Å². The molecular formula is C18H22N2O3S. The first kappa shape index (κ1) is 17.1. The van der Waals surface area contributed by atoms with Gasteiger partial charge in [-0.3, -0.25) is 9.69 Å². The van der Waals surface area contributed by atoms with E-state index < -0.39 is 6.04 Å². The van der Waals surface area contributed by atoms with Crippen LogP contribution in [0.3, 0.4) is 0 Å². The van der Waals surface area contributed by atoms with Crippen molar-refractivity contribution in [3.63, 3.8) is 0 Å². The average Bonchev–Trinajstić information content (AvgIpc) is 3.16. The lowest BCUT2D eigenvalue weighted by Gasteiger charge is -2.34. The summed E-state index contributed by atoms with van der Waals surface area (Å²) < 4.78 is 5.33. The number of aliphatic hydroxyl groups excluding tert-OH is 1. The van der Waals surface area contributed by atoms with Gasteiger partial charge in [0, 0.05) is 24.6 Å². The summed E-state index contributed by atoms with van der Waals surface area (Å²) in [7, 11) is 0. The highest BCUT2D eigenvalue weighted by molar-refractivity contribution is 7.99. The number of aliphatic hydroxyl groups is 1. The largest absolute Gasteiger partial charge is 0.467 e. The minimum absolute atomic E-state index is 0.108. The minimum Gasteiger partial charge on any atom is -0.467 e. The molecule has 0 bridgehead atoms. The number of carbonyl (C=O) groups excluding carboxylic acids is 1. The Morgan fingerprint density at radius 3 is 2.58 bits per heavy atom. The zero-order chi connectivity index (χ0) is 16.8. The first-order chi connectivity index (χ1) is 11.8. The van der Waals surface area contributed by atoms with Crippen molar-refractivity contribution < 1.29 is 14.3 Å². The molecule has 128 valence electrons. The van der Waals surface area contributed by atoms with Crippen molar-refractivity contribution >= 4 is 17.7 Å². The average molecular weight is 346 g/mol. The zero-order valence-electron chi connectivity index (χ0n) is 13.4. The fraction of sp³-hybridized carbons (Fsp3) is 0.389. The third-order valence-electron chi connectivity index (χ3n) is 4.16. The summed E-state index contributed by atoms with van der Waals surface area (Å²) >= 11 is 1.91. The Labute approximate surface area is 146 Å². The van der Waals surface area contributed by atoms with Crippen molar-refractivity contribution in [3.05, 3.63) is 60.1 Å². The summed E-state index contributed by atoms with van der Waals surface area (Å²) in [5.41, 5.74) is 0.970. The molecule has 2 heterocycles. The van der Waals surface area contributed by atoms with Crippen LogP contribution >= 0.6 is 11.8 Å². The molecule has 1 aromatic carbocycles. The smallest absolute Gasteiger partial charge is 0.242 e. The zero-order valence-corrected chi connectivity index (χ0v) is 14.2. The quantitative estimate of drug-likeness (QED) is 0.840. The lowest BCUT2D eigenvalue weighted by Crippen LogP contribution is -2.45. The summed E-state index contributed by atoms with van der Waals surface area (Å²) in [6, 6.07) is 12.4. The van der Waals surface area contributed by atoms with Crippen LogP contribution in [0.2, 0.25) is 0 Å². The van der Waals surface area contributed by atoms with Crippen LogP contribution in [-0.4, -0.2) is 47.1 Å². The molecule has 6 heteroatoms. The van der Waals surface area contributed by atoms with Crippen molar-refractivity contribution in [2.75, 3.05) is 31.2 Å². The van der Waals surface area contributed by atoms with Crippen LogP contribution in [0.15, 0.2) is 53.1 Å². The molecule has 2 N–H and O–H groups in total. The van der Waals surface area contributed by atoms with Crippen LogP contribution in [-0.2, 0) is 4.79 Å². The Morgan fingerprint density at radius 1 is 1.21 bits per heavy atom. The summed E-state index contributed by atoms with van der Waals surface area (Å²) in [5, 5.41) is 12.6. The van der Waals surface area contributed by atoms with E-state index in [1.54, 1.807) is 18.4 Å². The molecule has 24 heavy (non-hydrogen) atoms. The first-order valence-corrected chi connectivity index (χ1v) is 9.26. The van der Waals surface area contributed by atoms with Gasteiger partial charge in [-0.15, -0.1) is 0 Å². The lowest BCUT2D eigenvalue weighted by molar-refractivity contribution is -0.127. The van der Waals surface area contributed by atoms with Crippen molar-refractivity contribution in [2.45, 2.75) is 12.1 Å². The Kier molecular flexibility index (Phi) is 5.96. The molecule has 3 rings (SSSR count). The van der Waals surface area contributed by atoms with E-state index >= 15 is 0 Å². The van der Waals surface area contributed by atoms with E-state index in [0.717, 1.165) is 30.2 Å². The minimum atomic E-state index is -0.530. The Morgan fingerprint density at radius 2 is 1.96 bits per heavy atom. The first-order valence-electron chi connectivity index (χ1n) is 8.11. The summed E-state index contributed by atoms with van der Waals surface area (Å²) in [4.78, 5) is 15.2. The molecule has 1 aliphatic heterocycles. The lowest BCUT2D eigenvalue weighted by atomic mass is 10.0. The third kappa shape index (κ3) is 4.01. The topological polar surface area (TPSA) is 65.7 Å². The number of nitrogens with zero attached hydrogens (tertiary/aromatic N) is 1. The van der Waals surface area contributed by atoms with Gasteiger partial charge in [0.05, 0.1) is 12.9 Å². The van der Waals surface area contributed by atoms with Crippen LogP contribution in [0.25, 0.3) is 0 Å². The van der Waals surface area contributed by atoms with Gasteiger partial charge in [0.15, 0.2) is 0 Å². The highest BCUT2D eigenvalue weighted by atomic mass is 32.2. The van der Waals surface area contributed by atoms with E-state index in [2.05, 4.69) is 10.2 Å². The van der Waals surface area contributed by atoms with Gasteiger partial charge in [0.1, 0.15) is 17.8 Å². The van der Waals surface area contributed by atoms with E-state index in [-0.39, 0.29) is 18.6 Å². The number of furan rings is 1. The number of benzene rings is 1. The Balaban J connectivity index is 1.80. The second kappa shape index (κ2) is 8.37. The molecule has 1 fully saturated rings. The molecule has 0 aliphatic carbocycles. The fourth-order valence-corrected chi connectivity index (χ4v) is 3.88. The van der Waals surface area contributed by atoms with Crippen LogP contribution in [0, 0.1) is 0 Å². The summed E-state index contributed by atoms with van der Waals surface area (Å²) in [5.74, 6) is 2.51. The SMILES string of the molecule is O=C(NC(CO)c1ccco1)C(c1ccccc1)N1CCSCC1. The highest BCUT2D eigenvalue weighted by Gasteiger charge is 2.30. The standard InChI is InChI=1S/C18H22N2O3S/c21-13-15(16-7-4-10-23-16)19-18(22)17(14-5-2-1-3-6-14)20-8-11-24-12-9-20/h1-7,10,15,17,21H,8-9,11-13H2,(H,19,22). The number of nitrogens with one attached hydrogen (secondary N) is 1. The third-order valence-corrected chi connectivity index (χ3v) is 5.10. The predicted molar refractivity (Wildman–Crippen MR) is 94.8 cm³/mol. The maximum absolute atomic E-state index is 13.0. The van der Waals surface area contributed by atoms with E-state index in [9.17, 15) is 9.90 Å². The number of amides is 1. The Hall–Kier alpha value is -1.76. The van der Waals surface area contributed by atoms with E-state index in [1.807, 2.05) is 42.1 Å². The molecule has 1 aromatic heterocycles.